The first-order valence-electron chi connectivity index (χ1n) is 13.9. The van der Waals surface area contributed by atoms with Crippen LogP contribution in [0.25, 0.3) is 0 Å². The number of fused-ring (bicyclic) bond motifs is 5. The zero-order valence-corrected chi connectivity index (χ0v) is 24.0. The average Bonchev–Trinajstić information content (AvgIpc) is 2.97. The Morgan fingerprint density at radius 3 is 2.18 bits per heavy atom. The molecule has 3 saturated carbocycles. The van der Waals surface area contributed by atoms with Gasteiger partial charge in [-0.15, -0.1) is 0 Å². The number of carbonyl (C=O) groups excluding carboxylic acids is 3. The first-order chi connectivity index (χ1) is 17.1. The van der Waals surface area contributed by atoms with Crippen molar-refractivity contribution in [2.45, 2.75) is 117 Å². The summed E-state index contributed by atoms with van der Waals surface area (Å²) in [6.45, 7) is 13.6. The van der Waals surface area contributed by atoms with E-state index in [2.05, 4.69) is 0 Å². The lowest BCUT2D eigenvalue weighted by Crippen LogP contribution is -2.65. The van der Waals surface area contributed by atoms with E-state index < -0.39 is 69.3 Å². The molecule has 4 aliphatic carbocycles. The maximum Gasteiger partial charge on any atom is 0.170 e. The molecule has 4 rings (SSSR count). The molecule has 0 heterocycles. The van der Waals surface area contributed by atoms with Crippen LogP contribution in [-0.2, 0) is 14.4 Å². The van der Waals surface area contributed by atoms with Crippen LogP contribution in [0.2, 0.25) is 0 Å². The largest absolute Gasteiger partial charge is 0.393 e. The van der Waals surface area contributed by atoms with Gasteiger partial charge in [-0.25, -0.2) is 0 Å². The summed E-state index contributed by atoms with van der Waals surface area (Å²) in [4.78, 5) is 40.4. The van der Waals surface area contributed by atoms with Gasteiger partial charge in [-0.05, 0) is 76.5 Å². The van der Waals surface area contributed by atoms with E-state index in [-0.39, 0.29) is 42.7 Å². The third-order valence-electron chi connectivity index (χ3n) is 11.8. The second kappa shape index (κ2) is 8.53. The highest BCUT2D eigenvalue weighted by molar-refractivity contribution is 5.95. The first kappa shape index (κ1) is 29.5. The van der Waals surface area contributed by atoms with Crippen LogP contribution >= 0.6 is 0 Å². The van der Waals surface area contributed by atoms with Gasteiger partial charge in [0.05, 0.1) is 17.8 Å². The van der Waals surface area contributed by atoms with Crippen LogP contribution in [-0.4, -0.2) is 72.4 Å². The molecule has 0 spiro atoms. The number of rotatable bonds is 5. The lowest BCUT2D eigenvalue weighted by atomic mass is 9.38. The summed E-state index contributed by atoms with van der Waals surface area (Å²) in [5.74, 6) is -2.49. The summed E-state index contributed by atoms with van der Waals surface area (Å²) < 4.78 is 0. The Hall–Kier alpha value is -1.45. The molecule has 4 aliphatic rings. The van der Waals surface area contributed by atoms with Crippen molar-refractivity contribution in [1.29, 1.82) is 0 Å². The number of ketones is 3. The quantitative estimate of drug-likeness (QED) is 0.336. The summed E-state index contributed by atoms with van der Waals surface area (Å²) in [5, 5.41) is 54.3. The molecule has 0 radical (unpaired) electrons. The maximum atomic E-state index is 14.2. The van der Waals surface area contributed by atoms with Crippen LogP contribution < -0.4 is 0 Å². The van der Waals surface area contributed by atoms with E-state index in [1.807, 2.05) is 26.8 Å². The van der Waals surface area contributed by atoms with Crippen LogP contribution in [0.1, 0.15) is 87.5 Å². The standard InChI is InChI=1S/C30H46O8/c1-25(2)15-9-10-19-27(5)13-18(32)23(30(8,38)21(34)12-20(33)26(3,4)37)28(27,6)14-22(35)29(19,7)16(15)11-17(31)24(25)36/h9,16-20,23,31-33,37-38H,10-14H2,1-8H3/t16-,17+,18-,19+,20?,23+,27+,28-,29+,30+/m1/s1. The highest BCUT2D eigenvalue weighted by atomic mass is 16.3. The molecule has 0 bridgehead atoms. The molecule has 0 aliphatic heterocycles. The second-order valence-corrected chi connectivity index (χ2v) is 14.7. The normalized spacial score (nSPS) is 44.9. The van der Waals surface area contributed by atoms with E-state index in [4.69, 9.17) is 0 Å². The predicted molar refractivity (Wildman–Crippen MR) is 140 cm³/mol. The number of aliphatic hydroxyl groups excluding tert-OH is 3. The fourth-order valence-corrected chi connectivity index (χ4v) is 9.20. The highest BCUT2D eigenvalue weighted by Gasteiger charge is 2.74. The lowest BCUT2D eigenvalue weighted by Gasteiger charge is -2.64. The van der Waals surface area contributed by atoms with Crippen LogP contribution in [0.5, 0.6) is 0 Å². The molecular weight excluding hydrogens is 488 g/mol. The highest BCUT2D eigenvalue weighted by Crippen LogP contribution is 2.74. The van der Waals surface area contributed by atoms with Crippen LogP contribution in [0.15, 0.2) is 11.6 Å². The van der Waals surface area contributed by atoms with Gasteiger partial charge < -0.3 is 25.5 Å². The zero-order chi connectivity index (χ0) is 29.0. The molecule has 38 heavy (non-hydrogen) atoms. The molecule has 8 heteroatoms. The van der Waals surface area contributed by atoms with E-state index in [0.29, 0.717) is 6.42 Å². The Morgan fingerprint density at radius 2 is 1.63 bits per heavy atom. The minimum absolute atomic E-state index is 0.0317. The molecule has 1 unspecified atom stereocenters. The van der Waals surface area contributed by atoms with Gasteiger partial charge in [0.1, 0.15) is 17.5 Å². The number of hydrogen-bond donors (Lipinski definition) is 5. The van der Waals surface area contributed by atoms with Gasteiger partial charge >= 0.3 is 0 Å². The minimum Gasteiger partial charge on any atom is -0.393 e. The van der Waals surface area contributed by atoms with Gasteiger partial charge in [-0.3, -0.25) is 14.4 Å². The van der Waals surface area contributed by atoms with Crippen molar-refractivity contribution >= 4 is 17.3 Å². The van der Waals surface area contributed by atoms with E-state index >= 15 is 0 Å². The Morgan fingerprint density at radius 1 is 1.05 bits per heavy atom. The third-order valence-corrected chi connectivity index (χ3v) is 11.8. The predicted octanol–water partition coefficient (Wildman–Crippen LogP) is 2.12. The fourth-order valence-electron chi connectivity index (χ4n) is 9.20. The van der Waals surface area contributed by atoms with Gasteiger partial charge in [0.25, 0.3) is 0 Å². The molecule has 5 N–H and O–H groups in total. The molecule has 0 aromatic rings. The summed E-state index contributed by atoms with van der Waals surface area (Å²) in [6.07, 6.45) is -1.07. The van der Waals surface area contributed by atoms with E-state index in [1.165, 1.54) is 20.8 Å². The molecule has 0 aromatic carbocycles. The zero-order valence-electron chi connectivity index (χ0n) is 24.0. The lowest BCUT2D eigenvalue weighted by molar-refractivity contribution is -0.186. The van der Waals surface area contributed by atoms with Crippen molar-refractivity contribution in [3.05, 3.63) is 11.6 Å². The Labute approximate surface area is 225 Å². The Bertz CT molecular complexity index is 1080. The molecule has 0 saturated heterocycles. The van der Waals surface area contributed by atoms with Crippen molar-refractivity contribution in [3.63, 3.8) is 0 Å². The van der Waals surface area contributed by atoms with Crippen LogP contribution in [0.3, 0.4) is 0 Å². The van der Waals surface area contributed by atoms with Gasteiger partial charge in [-0.1, -0.05) is 32.4 Å². The topological polar surface area (TPSA) is 152 Å². The van der Waals surface area contributed by atoms with E-state index in [0.717, 1.165) is 5.57 Å². The third kappa shape index (κ3) is 3.70. The molecule has 8 nitrogen and oxygen atoms in total. The van der Waals surface area contributed by atoms with Crippen LogP contribution in [0, 0.1) is 39.4 Å². The SMILES string of the molecule is CC1(C)C(=O)[C@@H](O)C[C@@H]2C1=CC[C@@H]1[C@@]2(C)C(=O)C[C@]2(C)[C@@H]([C@@](C)(O)C(=O)CC(O)C(C)(C)O)[C@H](O)C[C@@]12C. The van der Waals surface area contributed by atoms with E-state index in [1.54, 1.807) is 13.8 Å². The molecule has 0 amide bonds. The van der Waals surface area contributed by atoms with Gasteiger partial charge in [0.15, 0.2) is 11.6 Å². The van der Waals surface area contributed by atoms with Crippen molar-refractivity contribution in [2.75, 3.05) is 0 Å². The number of hydrogen-bond acceptors (Lipinski definition) is 8. The van der Waals surface area contributed by atoms with Crippen molar-refractivity contribution < 1.29 is 39.9 Å². The monoisotopic (exact) mass is 534 g/mol. The first-order valence-corrected chi connectivity index (χ1v) is 13.9. The fraction of sp³-hybridized carbons (Fsp3) is 0.833. The maximum absolute atomic E-state index is 14.2. The molecule has 3 fully saturated rings. The van der Waals surface area contributed by atoms with Crippen LogP contribution in [0.4, 0.5) is 0 Å². The van der Waals surface area contributed by atoms with Crippen molar-refractivity contribution in [2.24, 2.45) is 39.4 Å². The van der Waals surface area contributed by atoms with Gasteiger partial charge in [0.2, 0.25) is 0 Å². The number of allylic oxidation sites excluding steroid dienone is 2. The summed E-state index contributed by atoms with van der Waals surface area (Å²) in [7, 11) is 0. The number of Topliss-reactive ketones (excluding diaryl/α,β-unsaturated/α-hetero) is 3. The average molecular weight is 535 g/mol. The molecule has 10 atom stereocenters. The smallest absolute Gasteiger partial charge is 0.170 e. The second-order valence-electron chi connectivity index (χ2n) is 14.7. The van der Waals surface area contributed by atoms with Gasteiger partial charge in [0, 0.05) is 29.6 Å². The Balaban J connectivity index is 1.77. The Kier molecular flexibility index (Phi) is 6.63. The molecule has 0 aromatic heterocycles. The molecule has 214 valence electrons. The summed E-state index contributed by atoms with van der Waals surface area (Å²) in [5.41, 5.74) is -6.03. The summed E-state index contributed by atoms with van der Waals surface area (Å²) >= 11 is 0. The van der Waals surface area contributed by atoms with Crippen molar-refractivity contribution in [3.8, 4) is 0 Å². The molecular formula is C30H46O8. The van der Waals surface area contributed by atoms with E-state index in [9.17, 15) is 39.9 Å². The number of aliphatic hydroxyl groups is 5. The summed E-state index contributed by atoms with van der Waals surface area (Å²) in [6, 6.07) is 0. The number of carbonyl (C=O) groups is 3. The van der Waals surface area contributed by atoms with Gasteiger partial charge in [-0.2, -0.15) is 0 Å². The van der Waals surface area contributed by atoms with Crippen molar-refractivity contribution in [1.82, 2.24) is 0 Å². The minimum atomic E-state index is -2.04.